The Hall–Kier alpha value is -3.90. The van der Waals surface area contributed by atoms with E-state index in [0.29, 0.717) is 30.1 Å². The molecular weight excluding hydrogens is 534 g/mol. The topological polar surface area (TPSA) is 152 Å². The molecule has 1 aliphatic rings. The first-order chi connectivity index (χ1) is 19.1. The van der Waals surface area contributed by atoms with Crippen LogP contribution in [-0.4, -0.2) is 65.5 Å². The summed E-state index contributed by atoms with van der Waals surface area (Å²) in [6.07, 6.45) is 2.33. The second kappa shape index (κ2) is 12.5. The first kappa shape index (κ1) is 29.1. The van der Waals surface area contributed by atoms with Crippen LogP contribution in [-0.2, 0) is 19.6 Å². The zero-order valence-electron chi connectivity index (χ0n) is 22.7. The minimum Gasteiger partial charge on any atom is -0.441 e. The molecule has 12 heteroatoms. The van der Waals surface area contributed by atoms with Crippen molar-refractivity contribution in [2.75, 3.05) is 13.1 Å². The Morgan fingerprint density at radius 1 is 1.12 bits per heavy atom. The number of nitrogens with zero attached hydrogens (tertiary/aromatic N) is 3. The third-order valence-electron chi connectivity index (χ3n) is 6.54. The fourth-order valence-corrected chi connectivity index (χ4v) is 5.87. The van der Waals surface area contributed by atoms with Gasteiger partial charge in [-0.3, -0.25) is 14.4 Å². The Balaban J connectivity index is 1.45. The molecule has 0 aliphatic carbocycles. The molecule has 40 heavy (non-hydrogen) atoms. The maximum atomic E-state index is 13.3. The van der Waals surface area contributed by atoms with E-state index in [4.69, 9.17) is 4.42 Å². The minimum atomic E-state index is -3.96. The van der Waals surface area contributed by atoms with Crippen molar-refractivity contribution in [2.45, 2.75) is 57.1 Å². The molecular formula is C28H33N5O6S. The number of aromatic nitrogens is 2. The van der Waals surface area contributed by atoms with E-state index >= 15 is 0 Å². The molecule has 2 N–H and O–H groups in total. The van der Waals surface area contributed by atoms with Crippen molar-refractivity contribution in [3.05, 3.63) is 66.2 Å². The highest BCUT2D eigenvalue weighted by molar-refractivity contribution is 7.89. The van der Waals surface area contributed by atoms with Gasteiger partial charge in [0.25, 0.3) is 15.9 Å². The molecule has 11 nitrogen and oxygen atoms in total. The Kier molecular flexibility index (Phi) is 9.10. The molecule has 0 spiro atoms. The van der Waals surface area contributed by atoms with Gasteiger partial charge in [0, 0.05) is 18.3 Å². The first-order valence-corrected chi connectivity index (χ1v) is 14.6. The molecule has 0 bridgehead atoms. The minimum absolute atomic E-state index is 0.0539. The molecule has 212 valence electrons. The molecule has 2 aromatic heterocycles. The number of Topliss-reactive ketones (excluding diaryl/α,β-unsaturated/α-hetero) is 1. The van der Waals surface area contributed by atoms with Crippen LogP contribution in [0.4, 0.5) is 0 Å². The number of carbonyl (C=O) groups is 3. The predicted molar refractivity (Wildman–Crippen MR) is 147 cm³/mol. The van der Waals surface area contributed by atoms with Gasteiger partial charge in [-0.1, -0.05) is 38.1 Å². The van der Waals surface area contributed by atoms with Gasteiger partial charge < -0.3 is 15.1 Å². The molecule has 1 fully saturated rings. The predicted octanol–water partition coefficient (Wildman–Crippen LogP) is 2.73. The number of carbonyl (C=O) groups excluding carboxylic acids is 3. The van der Waals surface area contributed by atoms with E-state index in [1.165, 1.54) is 12.3 Å². The fraction of sp³-hybridized carbons (Fsp3) is 0.393. The van der Waals surface area contributed by atoms with Gasteiger partial charge in [-0.25, -0.2) is 18.4 Å². The summed E-state index contributed by atoms with van der Waals surface area (Å²) in [5.74, 6) is -0.858. The lowest BCUT2D eigenvalue weighted by Crippen LogP contribution is -2.52. The Bertz CT molecular complexity index is 1460. The highest BCUT2D eigenvalue weighted by atomic mass is 32.2. The smallest absolute Gasteiger partial charge is 0.274 e. The Morgan fingerprint density at radius 2 is 1.85 bits per heavy atom. The van der Waals surface area contributed by atoms with Crippen molar-refractivity contribution in [3.8, 4) is 11.5 Å². The number of hydrogen-bond acceptors (Lipinski definition) is 8. The molecule has 4 rings (SSSR count). The molecule has 1 aromatic carbocycles. The third kappa shape index (κ3) is 6.80. The van der Waals surface area contributed by atoms with Crippen molar-refractivity contribution in [2.24, 2.45) is 5.92 Å². The lowest BCUT2D eigenvalue weighted by atomic mass is 10.0. The summed E-state index contributed by atoms with van der Waals surface area (Å²) in [4.78, 5) is 47.8. The molecule has 0 radical (unpaired) electrons. The van der Waals surface area contributed by atoms with Crippen molar-refractivity contribution >= 4 is 27.6 Å². The monoisotopic (exact) mass is 567 g/mol. The Morgan fingerprint density at radius 3 is 2.52 bits per heavy atom. The van der Waals surface area contributed by atoms with E-state index in [9.17, 15) is 22.8 Å². The average Bonchev–Trinajstić information content (AvgIpc) is 3.23. The molecule has 3 heterocycles. The number of pyridine rings is 1. The lowest BCUT2D eigenvalue weighted by molar-refractivity contribution is -0.129. The highest BCUT2D eigenvalue weighted by Crippen LogP contribution is 2.22. The van der Waals surface area contributed by atoms with Crippen LogP contribution in [0.1, 0.15) is 49.4 Å². The van der Waals surface area contributed by atoms with Gasteiger partial charge in [-0.15, -0.1) is 0 Å². The normalized spacial score (nSPS) is 17.3. The van der Waals surface area contributed by atoms with Crippen LogP contribution in [0.15, 0.2) is 64.2 Å². The number of ketones is 1. The van der Waals surface area contributed by atoms with Gasteiger partial charge in [0.15, 0.2) is 16.5 Å². The standard InChI is InChI=1S/C28H33N5O6S/c1-18(2)16-22(31-27(36)25-19(3)39-28(32-25)20-10-5-4-6-11-20)26(35)30-21-12-9-15-33(17-23(21)34)40(37,38)24-13-7-8-14-29-24/h4-8,10-11,13-14,18,21-22H,9,12,15-17H2,1-3H3,(H,30,35)(H,31,36). The number of benzene rings is 1. The first-order valence-electron chi connectivity index (χ1n) is 13.1. The van der Waals surface area contributed by atoms with Gasteiger partial charge in [-0.05, 0) is 56.4 Å². The van der Waals surface area contributed by atoms with E-state index in [1.54, 1.807) is 19.1 Å². The Labute approximate surface area is 233 Å². The molecule has 2 atom stereocenters. The number of sulfonamides is 1. The van der Waals surface area contributed by atoms with Gasteiger partial charge in [0.1, 0.15) is 11.8 Å². The van der Waals surface area contributed by atoms with Gasteiger partial charge in [0.2, 0.25) is 11.8 Å². The molecule has 2 unspecified atom stereocenters. The van der Waals surface area contributed by atoms with E-state index in [2.05, 4.69) is 20.6 Å². The summed E-state index contributed by atoms with van der Waals surface area (Å²) < 4.78 is 32.7. The largest absolute Gasteiger partial charge is 0.441 e. The summed E-state index contributed by atoms with van der Waals surface area (Å²) in [7, 11) is -3.96. The number of aryl methyl sites for hydroxylation is 1. The van der Waals surface area contributed by atoms with Crippen LogP contribution >= 0.6 is 0 Å². The third-order valence-corrected chi connectivity index (χ3v) is 8.30. The number of hydrogen-bond donors (Lipinski definition) is 2. The van der Waals surface area contributed by atoms with Crippen LogP contribution < -0.4 is 10.6 Å². The summed E-state index contributed by atoms with van der Waals surface area (Å²) in [6, 6.07) is 11.9. The van der Waals surface area contributed by atoms with E-state index in [1.807, 2.05) is 44.2 Å². The number of amides is 2. The fourth-order valence-electron chi connectivity index (χ4n) is 4.50. The molecule has 3 aromatic rings. The van der Waals surface area contributed by atoms with Crippen LogP contribution in [0.2, 0.25) is 0 Å². The van der Waals surface area contributed by atoms with Crippen LogP contribution in [0.3, 0.4) is 0 Å². The number of rotatable bonds is 9. The van der Waals surface area contributed by atoms with E-state index < -0.39 is 39.7 Å². The molecule has 1 saturated heterocycles. The second-order valence-corrected chi connectivity index (χ2v) is 12.0. The summed E-state index contributed by atoms with van der Waals surface area (Å²) in [6.45, 7) is 5.20. The van der Waals surface area contributed by atoms with Crippen molar-refractivity contribution < 1.29 is 27.2 Å². The maximum absolute atomic E-state index is 13.3. The quantitative estimate of drug-likeness (QED) is 0.401. The van der Waals surface area contributed by atoms with Crippen molar-refractivity contribution in [1.29, 1.82) is 0 Å². The number of oxazole rings is 1. The van der Waals surface area contributed by atoms with E-state index in [0.717, 1.165) is 4.31 Å². The van der Waals surface area contributed by atoms with E-state index in [-0.39, 0.29) is 36.1 Å². The van der Waals surface area contributed by atoms with Crippen molar-refractivity contribution in [3.63, 3.8) is 0 Å². The number of nitrogens with one attached hydrogen (secondary N) is 2. The molecule has 2 amide bonds. The summed E-state index contributed by atoms with van der Waals surface area (Å²) in [5.41, 5.74) is 0.786. The van der Waals surface area contributed by atoms with Crippen molar-refractivity contribution in [1.82, 2.24) is 24.9 Å². The lowest BCUT2D eigenvalue weighted by Gasteiger charge is -2.23. The van der Waals surface area contributed by atoms with Gasteiger partial charge in [-0.2, -0.15) is 4.31 Å². The van der Waals surface area contributed by atoms with Gasteiger partial charge in [0.05, 0.1) is 12.6 Å². The SMILES string of the molecule is Cc1oc(-c2ccccc2)nc1C(=O)NC(CC(C)C)C(=O)NC1CCCN(S(=O)(=O)c2ccccn2)CC1=O. The highest BCUT2D eigenvalue weighted by Gasteiger charge is 2.35. The van der Waals surface area contributed by atoms with Crippen LogP contribution in [0.25, 0.3) is 11.5 Å². The molecule has 1 aliphatic heterocycles. The average molecular weight is 568 g/mol. The van der Waals surface area contributed by atoms with Gasteiger partial charge >= 0.3 is 0 Å². The van der Waals surface area contributed by atoms with Crippen LogP contribution in [0, 0.1) is 12.8 Å². The zero-order chi connectivity index (χ0) is 28.9. The molecule has 0 saturated carbocycles. The summed E-state index contributed by atoms with van der Waals surface area (Å²) >= 11 is 0. The van der Waals surface area contributed by atoms with Crippen LogP contribution in [0.5, 0.6) is 0 Å². The maximum Gasteiger partial charge on any atom is 0.274 e. The zero-order valence-corrected chi connectivity index (χ0v) is 23.5. The second-order valence-electron chi connectivity index (χ2n) is 10.1. The summed E-state index contributed by atoms with van der Waals surface area (Å²) in [5, 5.41) is 5.35.